The second-order valence-corrected chi connectivity index (χ2v) is 8.37. The van der Waals surface area contributed by atoms with Crippen LogP contribution in [0.2, 0.25) is 0 Å². The molecular weight excluding hydrogens is 422 g/mol. The number of nitrogens with one attached hydrogen (secondary N) is 2. The van der Waals surface area contributed by atoms with Gasteiger partial charge in [-0.05, 0) is 65.6 Å². The maximum absolute atomic E-state index is 8.70. The molecule has 1 saturated carbocycles. The summed E-state index contributed by atoms with van der Waals surface area (Å²) in [5.41, 5.74) is 4.69. The number of fused-ring (bicyclic) bond motifs is 2. The molecule has 34 heavy (non-hydrogen) atoms. The molecule has 2 N–H and O–H groups in total. The summed E-state index contributed by atoms with van der Waals surface area (Å²) >= 11 is 0. The number of aromatic nitrogens is 3. The van der Waals surface area contributed by atoms with Crippen LogP contribution in [0.1, 0.15) is 29.9 Å². The second-order valence-electron chi connectivity index (χ2n) is 8.37. The van der Waals surface area contributed by atoms with E-state index in [9.17, 15) is 0 Å². The standard InChI is InChI=1S/C28H21N5O/c29-16-3-4-18-7-11-20(12-8-18)31-28-32-24-15-17-30-26(24)27(33-28)34-25-14-13-21(19-9-10-19)22-5-1-2-6-23(22)25/h1-8,11-15,17,19,30H,9-10H2,(H,31,32,33)/b4-3+. The van der Waals surface area contributed by atoms with E-state index in [1.54, 1.807) is 6.08 Å². The van der Waals surface area contributed by atoms with E-state index in [-0.39, 0.29) is 0 Å². The first-order valence-electron chi connectivity index (χ1n) is 11.3. The van der Waals surface area contributed by atoms with Crippen molar-refractivity contribution in [2.75, 3.05) is 5.32 Å². The summed E-state index contributed by atoms with van der Waals surface area (Å²) in [6, 6.07) is 24.2. The van der Waals surface area contributed by atoms with Gasteiger partial charge in [0.15, 0.2) is 0 Å². The summed E-state index contributed by atoms with van der Waals surface area (Å²) in [7, 11) is 0. The fraction of sp³-hybridized carbons (Fsp3) is 0.107. The number of H-pyrrole nitrogens is 1. The summed E-state index contributed by atoms with van der Waals surface area (Å²) in [6.07, 6.45) is 7.56. The highest BCUT2D eigenvalue weighted by atomic mass is 16.5. The SMILES string of the molecule is N#C/C=C/c1ccc(Nc2nc(Oc3ccc(C4CC4)c4ccccc34)c3[nH]ccc3n2)cc1. The van der Waals surface area contributed by atoms with Gasteiger partial charge in [0.05, 0.1) is 11.6 Å². The molecule has 0 spiro atoms. The molecule has 2 aromatic heterocycles. The molecule has 6 nitrogen and oxygen atoms in total. The lowest BCUT2D eigenvalue weighted by Crippen LogP contribution is -2.00. The van der Waals surface area contributed by atoms with Gasteiger partial charge in [-0.15, -0.1) is 0 Å². The molecule has 0 atom stereocenters. The molecular formula is C28H21N5O. The minimum absolute atomic E-state index is 0.446. The quantitative estimate of drug-likeness (QED) is 0.274. The van der Waals surface area contributed by atoms with Crippen LogP contribution >= 0.6 is 0 Å². The Hall–Kier alpha value is -4.63. The Morgan fingerprint density at radius 2 is 1.79 bits per heavy atom. The number of rotatable bonds is 6. The van der Waals surface area contributed by atoms with Crippen LogP contribution in [0.5, 0.6) is 11.6 Å². The summed E-state index contributed by atoms with van der Waals surface area (Å²) < 4.78 is 6.40. The maximum atomic E-state index is 8.70. The molecule has 0 aliphatic heterocycles. The molecule has 1 fully saturated rings. The van der Waals surface area contributed by atoms with E-state index in [0.717, 1.165) is 33.4 Å². The van der Waals surface area contributed by atoms with E-state index in [4.69, 9.17) is 10.00 Å². The first kappa shape index (κ1) is 20.0. The molecule has 5 aromatic rings. The molecule has 0 amide bonds. The Kier molecular flexibility index (Phi) is 4.93. The van der Waals surface area contributed by atoms with Crippen LogP contribution in [-0.4, -0.2) is 15.0 Å². The van der Waals surface area contributed by atoms with Crippen molar-refractivity contribution in [2.24, 2.45) is 0 Å². The van der Waals surface area contributed by atoms with E-state index in [2.05, 4.69) is 44.5 Å². The lowest BCUT2D eigenvalue weighted by molar-refractivity contribution is 0.473. The summed E-state index contributed by atoms with van der Waals surface area (Å²) in [4.78, 5) is 12.5. The Morgan fingerprint density at radius 1 is 0.971 bits per heavy atom. The van der Waals surface area contributed by atoms with Crippen LogP contribution in [0.4, 0.5) is 11.6 Å². The lowest BCUT2D eigenvalue weighted by atomic mass is 10.0. The highest BCUT2D eigenvalue weighted by Crippen LogP contribution is 2.45. The fourth-order valence-electron chi connectivity index (χ4n) is 4.22. The van der Waals surface area contributed by atoms with Crippen molar-refractivity contribution in [3.05, 3.63) is 90.1 Å². The smallest absolute Gasteiger partial charge is 0.248 e. The van der Waals surface area contributed by atoms with Crippen molar-refractivity contribution in [3.8, 4) is 17.7 Å². The topological polar surface area (TPSA) is 86.6 Å². The lowest BCUT2D eigenvalue weighted by Gasteiger charge is -2.13. The minimum atomic E-state index is 0.446. The number of nitriles is 1. The molecule has 1 aliphatic rings. The van der Waals surface area contributed by atoms with Gasteiger partial charge >= 0.3 is 0 Å². The van der Waals surface area contributed by atoms with Gasteiger partial charge in [0.1, 0.15) is 11.3 Å². The maximum Gasteiger partial charge on any atom is 0.248 e. The Bertz CT molecular complexity index is 1570. The summed E-state index contributed by atoms with van der Waals surface area (Å²) in [5, 5.41) is 14.3. The number of hydrogen-bond acceptors (Lipinski definition) is 5. The number of nitrogens with zero attached hydrogens (tertiary/aromatic N) is 3. The molecule has 3 aromatic carbocycles. The molecule has 0 bridgehead atoms. The van der Waals surface area contributed by atoms with E-state index >= 15 is 0 Å². The van der Waals surface area contributed by atoms with Gasteiger partial charge in [-0.2, -0.15) is 10.2 Å². The number of allylic oxidation sites excluding steroid dienone is 1. The molecule has 2 heterocycles. The van der Waals surface area contributed by atoms with E-state index in [0.29, 0.717) is 17.7 Å². The van der Waals surface area contributed by atoms with Crippen molar-refractivity contribution >= 4 is 39.5 Å². The molecule has 6 heteroatoms. The highest BCUT2D eigenvalue weighted by molar-refractivity contribution is 5.92. The molecule has 0 radical (unpaired) electrons. The van der Waals surface area contributed by atoms with Crippen molar-refractivity contribution in [1.82, 2.24) is 15.0 Å². The van der Waals surface area contributed by atoms with Crippen LogP contribution < -0.4 is 10.1 Å². The second kappa shape index (κ2) is 8.38. The monoisotopic (exact) mass is 443 g/mol. The van der Waals surface area contributed by atoms with Crippen molar-refractivity contribution in [2.45, 2.75) is 18.8 Å². The predicted octanol–water partition coefficient (Wildman–Crippen LogP) is 7.06. The number of aromatic amines is 1. The Morgan fingerprint density at radius 3 is 2.59 bits per heavy atom. The minimum Gasteiger partial charge on any atom is -0.436 e. The van der Waals surface area contributed by atoms with Crippen molar-refractivity contribution in [3.63, 3.8) is 0 Å². The van der Waals surface area contributed by atoms with Gasteiger partial charge in [0.2, 0.25) is 11.8 Å². The van der Waals surface area contributed by atoms with E-state index < -0.39 is 0 Å². The van der Waals surface area contributed by atoms with E-state index in [1.807, 2.05) is 54.7 Å². The largest absolute Gasteiger partial charge is 0.436 e. The zero-order chi connectivity index (χ0) is 22.9. The number of anilines is 2. The number of benzene rings is 3. The van der Waals surface area contributed by atoms with Crippen LogP contribution in [0.15, 0.2) is 79.0 Å². The third-order valence-electron chi connectivity index (χ3n) is 6.03. The number of hydrogen-bond donors (Lipinski definition) is 2. The van der Waals surface area contributed by atoms with Crippen molar-refractivity contribution in [1.29, 1.82) is 5.26 Å². The average molecular weight is 444 g/mol. The van der Waals surface area contributed by atoms with Crippen LogP contribution in [0.25, 0.3) is 27.9 Å². The van der Waals surface area contributed by atoms with Crippen LogP contribution in [-0.2, 0) is 0 Å². The highest BCUT2D eigenvalue weighted by Gasteiger charge is 2.26. The fourth-order valence-corrected chi connectivity index (χ4v) is 4.22. The van der Waals surface area contributed by atoms with Crippen molar-refractivity contribution < 1.29 is 4.74 Å². The van der Waals surface area contributed by atoms with Gasteiger partial charge < -0.3 is 15.0 Å². The molecule has 1 aliphatic carbocycles. The Balaban J connectivity index is 1.35. The Labute approximate surface area is 196 Å². The summed E-state index contributed by atoms with van der Waals surface area (Å²) in [5.74, 6) is 2.34. The third kappa shape index (κ3) is 3.84. The normalized spacial score (nSPS) is 13.4. The zero-order valence-electron chi connectivity index (χ0n) is 18.3. The third-order valence-corrected chi connectivity index (χ3v) is 6.03. The molecule has 0 unspecified atom stereocenters. The molecule has 6 rings (SSSR count). The van der Waals surface area contributed by atoms with Gasteiger partial charge in [0.25, 0.3) is 0 Å². The van der Waals surface area contributed by atoms with Gasteiger partial charge in [-0.25, -0.2) is 4.98 Å². The van der Waals surface area contributed by atoms with E-state index in [1.165, 1.54) is 29.9 Å². The van der Waals surface area contributed by atoms with Crippen LogP contribution in [0, 0.1) is 11.3 Å². The average Bonchev–Trinajstić information content (AvgIpc) is 3.60. The molecule has 164 valence electrons. The van der Waals surface area contributed by atoms with Gasteiger partial charge in [0, 0.05) is 23.3 Å². The zero-order valence-corrected chi connectivity index (χ0v) is 18.3. The molecule has 0 saturated heterocycles. The summed E-state index contributed by atoms with van der Waals surface area (Å²) in [6.45, 7) is 0. The predicted molar refractivity (Wildman–Crippen MR) is 134 cm³/mol. The van der Waals surface area contributed by atoms with Gasteiger partial charge in [-0.3, -0.25) is 0 Å². The first-order chi connectivity index (χ1) is 16.8. The number of ether oxygens (including phenoxy) is 1. The van der Waals surface area contributed by atoms with Crippen LogP contribution in [0.3, 0.4) is 0 Å². The first-order valence-corrected chi connectivity index (χ1v) is 11.3. The van der Waals surface area contributed by atoms with Gasteiger partial charge in [-0.1, -0.05) is 42.5 Å².